The number of nitrogens with zero attached hydrogens (tertiary/aromatic N) is 3. The minimum absolute atomic E-state index is 0.178. The Balaban J connectivity index is 1.83. The highest BCUT2D eigenvalue weighted by Crippen LogP contribution is 2.10. The molecule has 0 atom stereocenters. The van der Waals surface area contributed by atoms with Gasteiger partial charge in [-0.1, -0.05) is 0 Å². The second-order valence-corrected chi connectivity index (χ2v) is 5.26. The van der Waals surface area contributed by atoms with Crippen LogP contribution >= 0.6 is 15.9 Å². The summed E-state index contributed by atoms with van der Waals surface area (Å²) in [6.45, 7) is 2.39. The summed E-state index contributed by atoms with van der Waals surface area (Å²) >= 11 is 3.27. The van der Waals surface area contributed by atoms with E-state index in [9.17, 15) is 9.59 Å². The first kappa shape index (κ1) is 16.2. The summed E-state index contributed by atoms with van der Waals surface area (Å²) in [5, 5.41) is 6.75. The van der Waals surface area contributed by atoms with Crippen LogP contribution in [-0.4, -0.2) is 33.2 Å². The Labute approximate surface area is 135 Å². The smallest absolute Gasteiger partial charge is 0.358 e. The molecule has 2 rings (SSSR count). The highest BCUT2D eigenvalue weighted by molar-refractivity contribution is 9.10. The molecule has 0 aliphatic carbocycles. The van der Waals surface area contributed by atoms with Crippen molar-refractivity contribution in [2.24, 2.45) is 0 Å². The van der Waals surface area contributed by atoms with Crippen LogP contribution in [0, 0.1) is 0 Å². The molecule has 0 aliphatic rings. The maximum atomic E-state index is 11.8. The molecule has 22 heavy (non-hydrogen) atoms. The number of amides is 1. The van der Waals surface area contributed by atoms with E-state index < -0.39 is 5.97 Å². The lowest BCUT2D eigenvalue weighted by Gasteiger charge is -2.04. The molecule has 2 aromatic rings. The number of ether oxygens (including phenoxy) is 1. The summed E-state index contributed by atoms with van der Waals surface area (Å²) in [5.41, 5.74) is 0.233. The molecule has 0 saturated carbocycles. The quantitative estimate of drug-likeness (QED) is 0.792. The van der Waals surface area contributed by atoms with E-state index in [0.29, 0.717) is 19.0 Å². The van der Waals surface area contributed by atoms with Crippen LogP contribution in [0.3, 0.4) is 0 Å². The van der Waals surface area contributed by atoms with Gasteiger partial charge in [0.15, 0.2) is 5.69 Å². The van der Waals surface area contributed by atoms with Gasteiger partial charge in [-0.15, -0.1) is 0 Å². The van der Waals surface area contributed by atoms with Crippen molar-refractivity contribution in [3.05, 3.63) is 40.8 Å². The van der Waals surface area contributed by atoms with Gasteiger partial charge < -0.3 is 10.1 Å². The number of aryl methyl sites for hydroxylation is 1. The van der Waals surface area contributed by atoms with E-state index in [1.807, 2.05) is 0 Å². The van der Waals surface area contributed by atoms with E-state index in [1.165, 1.54) is 4.68 Å². The minimum Gasteiger partial charge on any atom is -0.461 e. The molecule has 0 bridgehead atoms. The summed E-state index contributed by atoms with van der Waals surface area (Å²) < 4.78 is 7.22. The molecule has 116 valence electrons. The second kappa shape index (κ2) is 7.69. The second-order valence-electron chi connectivity index (χ2n) is 4.34. The largest absolute Gasteiger partial charge is 0.461 e. The number of carbonyl (C=O) groups is 2. The first-order chi connectivity index (χ1) is 10.6. The van der Waals surface area contributed by atoms with Crippen molar-refractivity contribution in [3.8, 4) is 0 Å². The van der Waals surface area contributed by atoms with Gasteiger partial charge in [0.1, 0.15) is 5.82 Å². The highest BCUT2D eigenvalue weighted by Gasteiger charge is 2.11. The number of carbonyl (C=O) groups excluding carboxylic acids is 2. The third kappa shape index (κ3) is 4.66. The molecular formula is C14H15BrN4O3. The molecule has 8 heteroatoms. The number of anilines is 1. The van der Waals surface area contributed by atoms with Crippen molar-refractivity contribution < 1.29 is 14.3 Å². The fourth-order valence-electron chi connectivity index (χ4n) is 1.67. The van der Waals surface area contributed by atoms with E-state index in [0.717, 1.165) is 4.47 Å². The lowest BCUT2D eigenvalue weighted by atomic mass is 10.4. The summed E-state index contributed by atoms with van der Waals surface area (Å²) in [6.07, 6.45) is 3.47. The number of esters is 1. The predicted molar refractivity (Wildman–Crippen MR) is 83.4 cm³/mol. The lowest BCUT2D eigenvalue weighted by Crippen LogP contribution is -2.16. The summed E-state index contributed by atoms with van der Waals surface area (Å²) in [6, 6.07) is 5.06. The predicted octanol–water partition coefficient (Wildman–Crippen LogP) is 2.25. The maximum Gasteiger partial charge on any atom is 0.358 e. The van der Waals surface area contributed by atoms with Gasteiger partial charge in [-0.05, 0) is 41.1 Å². The number of nitrogens with one attached hydrogen (secondary N) is 1. The zero-order chi connectivity index (χ0) is 15.9. The topological polar surface area (TPSA) is 86.1 Å². The van der Waals surface area contributed by atoms with Crippen LogP contribution in [0.2, 0.25) is 0 Å². The normalized spacial score (nSPS) is 10.3. The van der Waals surface area contributed by atoms with Gasteiger partial charge in [-0.2, -0.15) is 5.10 Å². The van der Waals surface area contributed by atoms with Crippen molar-refractivity contribution in [1.82, 2.24) is 14.8 Å². The SMILES string of the molecule is CCOC(=O)c1ccn(CCC(=O)Nc2ccc(Br)cn2)n1. The van der Waals surface area contributed by atoms with Crippen LogP contribution in [0.4, 0.5) is 5.82 Å². The van der Waals surface area contributed by atoms with Crippen molar-refractivity contribution in [1.29, 1.82) is 0 Å². The number of aromatic nitrogens is 3. The Morgan fingerprint density at radius 2 is 2.18 bits per heavy atom. The maximum absolute atomic E-state index is 11.8. The molecule has 0 spiro atoms. The number of hydrogen-bond acceptors (Lipinski definition) is 5. The van der Waals surface area contributed by atoms with E-state index >= 15 is 0 Å². The molecule has 7 nitrogen and oxygen atoms in total. The highest BCUT2D eigenvalue weighted by atomic mass is 79.9. The van der Waals surface area contributed by atoms with Crippen LogP contribution in [-0.2, 0) is 16.1 Å². The number of rotatable bonds is 6. The van der Waals surface area contributed by atoms with Gasteiger partial charge in [0.2, 0.25) is 5.91 Å². The van der Waals surface area contributed by atoms with E-state index in [1.54, 1.807) is 37.5 Å². The Hall–Kier alpha value is -2.22. The standard InChI is InChI=1S/C14H15BrN4O3/c1-2-22-14(21)11-5-7-19(18-11)8-6-13(20)17-12-4-3-10(15)9-16-12/h3-5,7,9H,2,6,8H2,1H3,(H,16,17,20). The summed E-state index contributed by atoms with van der Waals surface area (Å²) in [4.78, 5) is 27.4. The number of halogens is 1. The van der Waals surface area contributed by atoms with Gasteiger partial charge in [-0.25, -0.2) is 9.78 Å². The molecular weight excluding hydrogens is 352 g/mol. The molecule has 0 fully saturated rings. The van der Waals surface area contributed by atoms with Crippen LogP contribution in [0.5, 0.6) is 0 Å². The van der Waals surface area contributed by atoms with Crippen LogP contribution in [0.25, 0.3) is 0 Å². The van der Waals surface area contributed by atoms with Crippen molar-refractivity contribution in [2.45, 2.75) is 19.9 Å². The molecule has 0 unspecified atom stereocenters. The van der Waals surface area contributed by atoms with Crippen LogP contribution in [0.15, 0.2) is 35.1 Å². The van der Waals surface area contributed by atoms with E-state index in [2.05, 4.69) is 31.3 Å². The molecule has 0 aromatic carbocycles. The Bertz CT molecular complexity index is 654. The molecule has 2 aromatic heterocycles. The average Bonchev–Trinajstić information content (AvgIpc) is 2.97. The van der Waals surface area contributed by atoms with Crippen LogP contribution in [0.1, 0.15) is 23.8 Å². The summed E-state index contributed by atoms with van der Waals surface area (Å²) in [5.74, 6) is -0.159. The fourth-order valence-corrected chi connectivity index (χ4v) is 1.91. The Morgan fingerprint density at radius 3 is 2.86 bits per heavy atom. The lowest BCUT2D eigenvalue weighted by molar-refractivity contribution is -0.116. The molecule has 0 aliphatic heterocycles. The van der Waals surface area contributed by atoms with Gasteiger partial charge >= 0.3 is 5.97 Å². The first-order valence-electron chi connectivity index (χ1n) is 6.70. The van der Waals surface area contributed by atoms with Crippen molar-refractivity contribution in [2.75, 3.05) is 11.9 Å². The number of hydrogen-bond donors (Lipinski definition) is 1. The van der Waals surface area contributed by atoms with Gasteiger partial charge in [0, 0.05) is 29.8 Å². The van der Waals surface area contributed by atoms with Gasteiger partial charge in [0.25, 0.3) is 0 Å². The summed E-state index contributed by atoms with van der Waals surface area (Å²) in [7, 11) is 0. The van der Waals surface area contributed by atoms with Gasteiger partial charge in [0.05, 0.1) is 6.61 Å². The van der Waals surface area contributed by atoms with E-state index in [-0.39, 0.29) is 18.0 Å². The molecule has 0 saturated heterocycles. The van der Waals surface area contributed by atoms with Crippen molar-refractivity contribution >= 4 is 33.6 Å². The van der Waals surface area contributed by atoms with Gasteiger partial charge in [-0.3, -0.25) is 9.48 Å². The van der Waals surface area contributed by atoms with Crippen LogP contribution < -0.4 is 5.32 Å². The van der Waals surface area contributed by atoms with Crippen molar-refractivity contribution in [3.63, 3.8) is 0 Å². The molecule has 1 N–H and O–H groups in total. The zero-order valence-electron chi connectivity index (χ0n) is 12.0. The number of pyridine rings is 1. The average molecular weight is 367 g/mol. The molecule has 1 amide bonds. The minimum atomic E-state index is -0.468. The van der Waals surface area contributed by atoms with E-state index in [4.69, 9.17) is 4.74 Å². The zero-order valence-corrected chi connectivity index (χ0v) is 13.5. The Morgan fingerprint density at radius 1 is 1.36 bits per heavy atom. The monoisotopic (exact) mass is 366 g/mol. The first-order valence-corrected chi connectivity index (χ1v) is 7.49. The Kier molecular flexibility index (Phi) is 5.65. The molecule has 0 radical (unpaired) electrons. The molecule has 2 heterocycles. The fraction of sp³-hybridized carbons (Fsp3) is 0.286. The third-order valence-electron chi connectivity index (χ3n) is 2.69. The third-order valence-corrected chi connectivity index (χ3v) is 3.16.